The number of methoxy groups -OCH3 is 1. The summed E-state index contributed by atoms with van der Waals surface area (Å²) in [7, 11) is -1.42. The molecule has 0 radical (unpaired) electrons. The Morgan fingerprint density at radius 2 is 1.96 bits per heavy atom. The smallest absolute Gasteiger partial charge is 0.256 e. The quantitative estimate of drug-likeness (QED) is 0.826. The average molecular weight is 362 g/mol. The van der Waals surface area contributed by atoms with Crippen LogP contribution in [-0.2, 0) is 9.84 Å². The van der Waals surface area contributed by atoms with Gasteiger partial charge in [-0.05, 0) is 36.8 Å². The molecule has 1 atom stereocenters. The van der Waals surface area contributed by atoms with Crippen LogP contribution in [0.2, 0.25) is 0 Å². The molecule has 0 aliphatic carbocycles. The van der Waals surface area contributed by atoms with Crippen molar-refractivity contribution in [3.63, 3.8) is 0 Å². The van der Waals surface area contributed by atoms with Crippen LogP contribution in [-0.4, -0.2) is 49.2 Å². The van der Waals surface area contributed by atoms with E-state index in [4.69, 9.17) is 4.74 Å². The highest BCUT2D eigenvalue weighted by Gasteiger charge is 2.27. The average Bonchev–Trinajstić information content (AvgIpc) is 2.95. The summed E-state index contributed by atoms with van der Waals surface area (Å²) < 4.78 is 28.0. The molecular formula is C16H18N4O4S. The molecule has 132 valence electrons. The SMILES string of the molecule is COc1cccc(C(=O)Nc2ccc(NC3CCS(=O)(=O)C3)nn2)c1. The molecule has 0 spiro atoms. The zero-order chi connectivity index (χ0) is 17.9. The fraction of sp³-hybridized carbons (Fsp3) is 0.312. The summed E-state index contributed by atoms with van der Waals surface area (Å²) in [5.41, 5.74) is 0.444. The summed E-state index contributed by atoms with van der Waals surface area (Å²) in [4.78, 5) is 12.2. The fourth-order valence-electron chi connectivity index (χ4n) is 2.55. The Balaban J connectivity index is 1.61. The number of aromatic nitrogens is 2. The molecule has 3 rings (SSSR count). The second-order valence-corrected chi connectivity index (χ2v) is 7.96. The lowest BCUT2D eigenvalue weighted by Crippen LogP contribution is -2.21. The maximum Gasteiger partial charge on any atom is 0.256 e. The van der Waals surface area contributed by atoms with E-state index in [9.17, 15) is 13.2 Å². The summed E-state index contributed by atoms with van der Waals surface area (Å²) in [6.07, 6.45) is 0.554. The van der Waals surface area contributed by atoms with Crippen molar-refractivity contribution in [1.82, 2.24) is 10.2 Å². The number of sulfone groups is 1. The van der Waals surface area contributed by atoms with Crippen LogP contribution >= 0.6 is 0 Å². The molecule has 1 amide bonds. The second-order valence-electron chi connectivity index (χ2n) is 5.73. The molecule has 0 saturated carbocycles. The van der Waals surface area contributed by atoms with E-state index < -0.39 is 9.84 Å². The van der Waals surface area contributed by atoms with Gasteiger partial charge >= 0.3 is 0 Å². The largest absolute Gasteiger partial charge is 0.497 e. The molecule has 0 bridgehead atoms. The van der Waals surface area contributed by atoms with E-state index in [-0.39, 0.29) is 23.5 Å². The number of nitrogens with one attached hydrogen (secondary N) is 2. The molecule has 2 aromatic rings. The second kappa shape index (κ2) is 7.06. The number of amides is 1. The van der Waals surface area contributed by atoms with Gasteiger partial charge < -0.3 is 15.4 Å². The molecule has 25 heavy (non-hydrogen) atoms. The number of rotatable bonds is 5. The van der Waals surface area contributed by atoms with Crippen molar-refractivity contribution >= 4 is 27.4 Å². The fourth-order valence-corrected chi connectivity index (χ4v) is 4.22. The highest BCUT2D eigenvalue weighted by molar-refractivity contribution is 7.91. The van der Waals surface area contributed by atoms with Gasteiger partial charge in [-0.15, -0.1) is 10.2 Å². The Morgan fingerprint density at radius 3 is 2.60 bits per heavy atom. The zero-order valence-electron chi connectivity index (χ0n) is 13.6. The van der Waals surface area contributed by atoms with Crippen molar-refractivity contribution in [2.45, 2.75) is 12.5 Å². The van der Waals surface area contributed by atoms with Crippen LogP contribution in [0.5, 0.6) is 5.75 Å². The van der Waals surface area contributed by atoms with Crippen LogP contribution in [0.1, 0.15) is 16.8 Å². The number of hydrogen-bond acceptors (Lipinski definition) is 7. The van der Waals surface area contributed by atoms with Crippen LogP contribution in [0, 0.1) is 0 Å². The van der Waals surface area contributed by atoms with Crippen molar-refractivity contribution in [3.05, 3.63) is 42.0 Å². The molecule has 1 aromatic heterocycles. The number of ether oxygens (including phenoxy) is 1. The van der Waals surface area contributed by atoms with Gasteiger partial charge in [-0.25, -0.2) is 8.42 Å². The normalized spacial score (nSPS) is 18.5. The minimum Gasteiger partial charge on any atom is -0.497 e. The monoisotopic (exact) mass is 362 g/mol. The van der Waals surface area contributed by atoms with Crippen molar-refractivity contribution in [1.29, 1.82) is 0 Å². The minimum atomic E-state index is -2.95. The van der Waals surface area contributed by atoms with Crippen molar-refractivity contribution in [2.24, 2.45) is 0 Å². The minimum absolute atomic E-state index is 0.100. The number of anilines is 2. The van der Waals surface area contributed by atoms with Gasteiger partial charge in [0.25, 0.3) is 5.91 Å². The van der Waals surface area contributed by atoms with E-state index in [1.165, 1.54) is 7.11 Å². The molecule has 2 N–H and O–H groups in total. The summed E-state index contributed by atoms with van der Waals surface area (Å²) >= 11 is 0. The van der Waals surface area contributed by atoms with Gasteiger partial charge in [0.2, 0.25) is 0 Å². The van der Waals surface area contributed by atoms with Gasteiger partial charge in [0.1, 0.15) is 11.6 Å². The van der Waals surface area contributed by atoms with Crippen LogP contribution in [0.15, 0.2) is 36.4 Å². The molecule has 1 aromatic carbocycles. The molecule has 1 fully saturated rings. The first-order valence-corrected chi connectivity index (χ1v) is 9.53. The van der Waals surface area contributed by atoms with Gasteiger partial charge in [0.15, 0.2) is 15.7 Å². The third kappa shape index (κ3) is 4.44. The lowest BCUT2D eigenvalue weighted by molar-refractivity contribution is 0.102. The summed E-state index contributed by atoms with van der Waals surface area (Å²) in [6, 6.07) is 9.87. The molecule has 2 heterocycles. The van der Waals surface area contributed by atoms with Crippen LogP contribution in [0.3, 0.4) is 0 Å². The number of hydrogen-bond donors (Lipinski definition) is 2. The van der Waals surface area contributed by atoms with E-state index in [0.717, 1.165) is 0 Å². The Kier molecular flexibility index (Phi) is 4.84. The molecule has 8 nitrogen and oxygen atoms in total. The number of carbonyl (C=O) groups excluding carboxylic acids is 1. The van der Waals surface area contributed by atoms with Gasteiger partial charge in [0, 0.05) is 11.6 Å². The number of carbonyl (C=O) groups is 1. The Labute approximate surface area is 145 Å². The van der Waals surface area contributed by atoms with Crippen molar-refractivity contribution in [2.75, 3.05) is 29.2 Å². The third-order valence-electron chi connectivity index (χ3n) is 3.82. The van der Waals surface area contributed by atoms with Gasteiger partial charge in [0.05, 0.1) is 18.6 Å². The van der Waals surface area contributed by atoms with E-state index in [1.54, 1.807) is 36.4 Å². The molecular weight excluding hydrogens is 344 g/mol. The molecule has 1 aliphatic heterocycles. The first-order valence-electron chi connectivity index (χ1n) is 7.71. The molecule has 1 saturated heterocycles. The lowest BCUT2D eigenvalue weighted by atomic mass is 10.2. The topological polar surface area (TPSA) is 110 Å². The Bertz CT molecular complexity index is 868. The van der Waals surface area contributed by atoms with Crippen LogP contribution < -0.4 is 15.4 Å². The highest BCUT2D eigenvalue weighted by atomic mass is 32.2. The van der Waals surface area contributed by atoms with Gasteiger partial charge in [-0.3, -0.25) is 4.79 Å². The predicted octanol–water partition coefficient (Wildman–Crippen LogP) is 1.34. The number of nitrogens with zero attached hydrogens (tertiary/aromatic N) is 2. The summed E-state index contributed by atoms with van der Waals surface area (Å²) in [5, 5.41) is 13.6. The first kappa shape index (κ1) is 17.2. The molecule has 1 aliphatic rings. The van der Waals surface area contributed by atoms with Crippen LogP contribution in [0.4, 0.5) is 11.6 Å². The Morgan fingerprint density at radius 1 is 1.20 bits per heavy atom. The van der Waals surface area contributed by atoms with E-state index in [2.05, 4.69) is 20.8 Å². The summed E-state index contributed by atoms with van der Waals surface area (Å²) in [5.74, 6) is 1.33. The molecule has 9 heteroatoms. The van der Waals surface area contributed by atoms with E-state index in [1.807, 2.05) is 0 Å². The highest BCUT2D eigenvalue weighted by Crippen LogP contribution is 2.17. The maximum absolute atomic E-state index is 12.2. The first-order chi connectivity index (χ1) is 11.9. The van der Waals surface area contributed by atoms with Crippen molar-refractivity contribution < 1.29 is 17.9 Å². The lowest BCUT2D eigenvalue weighted by Gasteiger charge is -2.11. The summed E-state index contributed by atoms with van der Waals surface area (Å²) in [6.45, 7) is 0. The number of benzene rings is 1. The standard InChI is InChI=1S/C16H18N4O4S/c1-24-13-4-2-3-11(9-13)16(21)18-15-6-5-14(19-20-15)17-12-7-8-25(22,23)10-12/h2-6,9,12H,7-8,10H2,1H3,(H,17,19)(H,18,20,21). The van der Waals surface area contributed by atoms with Crippen LogP contribution in [0.25, 0.3) is 0 Å². The zero-order valence-corrected chi connectivity index (χ0v) is 14.4. The Hall–Kier alpha value is -2.68. The van der Waals surface area contributed by atoms with E-state index >= 15 is 0 Å². The van der Waals surface area contributed by atoms with Gasteiger partial charge in [-0.2, -0.15) is 0 Å². The van der Waals surface area contributed by atoms with Gasteiger partial charge in [-0.1, -0.05) is 6.07 Å². The van der Waals surface area contributed by atoms with Crippen molar-refractivity contribution in [3.8, 4) is 5.75 Å². The predicted molar refractivity (Wildman–Crippen MR) is 93.7 cm³/mol. The molecule has 1 unspecified atom stereocenters. The van der Waals surface area contributed by atoms with E-state index in [0.29, 0.717) is 29.4 Å². The third-order valence-corrected chi connectivity index (χ3v) is 5.59. The maximum atomic E-state index is 12.2.